The Hall–Kier alpha value is -6.58. The molecule has 0 atom stereocenters. The second-order valence-electron chi connectivity index (χ2n) is 12.6. The summed E-state index contributed by atoms with van der Waals surface area (Å²) in [6, 6.07) is 64.9. The van der Waals surface area contributed by atoms with E-state index in [-0.39, 0.29) is 0 Å². The number of fused-ring (bicyclic) bond motifs is 8. The number of hydrogen-bond acceptors (Lipinski definition) is 2. The maximum Gasteiger partial charge on any atom is 0.159 e. The van der Waals surface area contributed by atoms with Crippen molar-refractivity contribution >= 4 is 71.6 Å². The van der Waals surface area contributed by atoms with Gasteiger partial charge in [-0.25, -0.2) is 0 Å². The van der Waals surface area contributed by atoms with Gasteiger partial charge in [0, 0.05) is 38.6 Å². The van der Waals surface area contributed by atoms with Crippen molar-refractivity contribution in [3.05, 3.63) is 182 Å². The first-order valence-electron chi connectivity index (χ1n) is 16.7. The molecule has 0 bridgehead atoms. The Bertz CT molecular complexity index is 2770. The predicted octanol–water partition coefficient (Wildman–Crippen LogP) is 13.0. The number of benzene rings is 8. The Morgan fingerprint density at radius 3 is 1.82 bits per heavy atom. The van der Waals surface area contributed by atoms with E-state index in [9.17, 15) is 0 Å². The molecule has 0 fully saturated rings. The molecule has 0 aliphatic carbocycles. The molecule has 0 spiro atoms. The number of anilines is 3. The molecule has 10 aromatic rings. The van der Waals surface area contributed by atoms with Crippen molar-refractivity contribution in [3.8, 4) is 16.8 Å². The Morgan fingerprint density at radius 1 is 0.429 bits per heavy atom. The second-order valence-corrected chi connectivity index (χ2v) is 12.6. The summed E-state index contributed by atoms with van der Waals surface area (Å²) in [7, 11) is 0. The fourth-order valence-corrected chi connectivity index (χ4v) is 7.55. The van der Waals surface area contributed by atoms with Gasteiger partial charge in [-0.3, -0.25) is 0 Å². The van der Waals surface area contributed by atoms with Crippen LogP contribution in [0.3, 0.4) is 0 Å². The molecule has 49 heavy (non-hydrogen) atoms. The van der Waals surface area contributed by atoms with Crippen molar-refractivity contribution in [2.24, 2.45) is 0 Å². The van der Waals surface area contributed by atoms with Crippen LogP contribution in [-0.2, 0) is 0 Å². The third-order valence-electron chi connectivity index (χ3n) is 9.73. The fourth-order valence-electron chi connectivity index (χ4n) is 7.55. The van der Waals surface area contributed by atoms with Gasteiger partial charge in [0.2, 0.25) is 0 Å². The van der Waals surface area contributed by atoms with E-state index >= 15 is 0 Å². The van der Waals surface area contributed by atoms with Gasteiger partial charge in [0.25, 0.3) is 0 Å². The molecule has 0 radical (unpaired) electrons. The molecular weight excluding hydrogens is 597 g/mol. The normalized spacial score (nSPS) is 11.7. The highest BCUT2D eigenvalue weighted by molar-refractivity contribution is 6.22. The molecule has 2 heterocycles. The predicted molar refractivity (Wildman–Crippen MR) is 206 cm³/mol. The number of para-hydroxylation sites is 4. The van der Waals surface area contributed by atoms with E-state index in [0.29, 0.717) is 0 Å². The average molecular weight is 627 g/mol. The zero-order valence-electron chi connectivity index (χ0n) is 26.6. The van der Waals surface area contributed by atoms with Crippen molar-refractivity contribution in [1.29, 1.82) is 0 Å². The largest absolute Gasteiger partial charge is 0.454 e. The van der Waals surface area contributed by atoms with Crippen LogP contribution in [0.5, 0.6) is 0 Å². The Kier molecular flexibility index (Phi) is 6.18. The van der Waals surface area contributed by atoms with Crippen LogP contribution in [0.15, 0.2) is 186 Å². The summed E-state index contributed by atoms with van der Waals surface area (Å²) in [6.45, 7) is 0. The van der Waals surface area contributed by atoms with Crippen molar-refractivity contribution in [1.82, 2.24) is 4.57 Å². The number of furan rings is 1. The lowest BCUT2D eigenvalue weighted by Crippen LogP contribution is -2.10. The fraction of sp³-hybridized carbons (Fsp3) is 0. The molecule has 230 valence electrons. The van der Waals surface area contributed by atoms with Crippen molar-refractivity contribution in [2.75, 3.05) is 4.90 Å². The third kappa shape index (κ3) is 4.37. The van der Waals surface area contributed by atoms with E-state index in [2.05, 4.69) is 191 Å². The van der Waals surface area contributed by atoms with Gasteiger partial charge in [0.05, 0.1) is 16.7 Å². The zero-order valence-corrected chi connectivity index (χ0v) is 26.6. The molecule has 0 aliphatic heterocycles. The summed E-state index contributed by atoms with van der Waals surface area (Å²) in [6.07, 6.45) is 0. The molecule has 0 N–H and O–H groups in total. The van der Waals surface area contributed by atoms with Crippen LogP contribution in [0.4, 0.5) is 17.1 Å². The molecular formula is C46H30N2O. The summed E-state index contributed by atoms with van der Waals surface area (Å²) >= 11 is 0. The van der Waals surface area contributed by atoms with Crippen LogP contribution in [-0.4, -0.2) is 4.57 Å². The van der Waals surface area contributed by atoms with Crippen LogP contribution in [0, 0.1) is 0 Å². The lowest BCUT2D eigenvalue weighted by atomic mass is 9.97. The summed E-state index contributed by atoms with van der Waals surface area (Å²) in [5.41, 5.74) is 10.7. The molecule has 0 amide bonds. The number of rotatable bonds is 5. The van der Waals surface area contributed by atoms with E-state index in [1.165, 1.54) is 32.6 Å². The Balaban J connectivity index is 1.31. The van der Waals surface area contributed by atoms with Crippen molar-refractivity contribution in [2.45, 2.75) is 0 Å². The number of hydrogen-bond donors (Lipinski definition) is 0. The van der Waals surface area contributed by atoms with E-state index in [1.807, 2.05) is 0 Å². The third-order valence-corrected chi connectivity index (χ3v) is 9.73. The average Bonchev–Trinajstić information content (AvgIpc) is 3.72. The number of aromatic nitrogens is 1. The van der Waals surface area contributed by atoms with Crippen LogP contribution < -0.4 is 4.90 Å². The van der Waals surface area contributed by atoms with Crippen LogP contribution >= 0.6 is 0 Å². The van der Waals surface area contributed by atoms with Gasteiger partial charge in [0.1, 0.15) is 5.58 Å². The highest BCUT2D eigenvalue weighted by atomic mass is 16.3. The van der Waals surface area contributed by atoms with Gasteiger partial charge in [-0.15, -0.1) is 0 Å². The molecule has 3 nitrogen and oxygen atoms in total. The van der Waals surface area contributed by atoms with Crippen LogP contribution in [0.1, 0.15) is 0 Å². The summed E-state index contributed by atoms with van der Waals surface area (Å²) in [5, 5.41) is 7.10. The van der Waals surface area contributed by atoms with Gasteiger partial charge in [-0.2, -0.15) is 0 Å². The van der Waals surface area contributed by atoms with Gasteiger partial charge in [-0.1, -0.05) is 115 Å². The van der Waals surface area contributed by atoms with Crippen LogP contribution in [0.25, 0.3) is 71.3 Å². The molecule has 10 rings (SSSR count). The Morgan fingerprint density at radius 2 is 1.06 bits per heavy atom. The van der Waals surface area contributed by atoms with Crippen molar-refractivity contribution < 1.29 is 4.42 Å². The standard InChI is InChI=1S/C46H30N2O/c1-4-15-34(16-5-1)47(35-17-6-2-7-18-35)43-30-33(28-40-45-37-21-11-10-14-31(37)25-27-44(45)49-46(40)43)32-24-26-39-38-22-12-13-23-41(38)48(42(39)29-32)36-19-8-3-9-20-36/h1-30H. The minimum atomic E-state index is 0.863. The maximum absolute atomic E-state index is 6.85. The second kappa shape index (κ2) is 11.0. The van der Waals surface area contributed by atoms with Gasteiger partial charge in [0.15, 0.2) is 5.58 Å². The Labute approximate surface area is 283 Å². The van der Waals surface area contributed by atoms with Gasteiger partial charge in [-0.05, 0) is 88.6 Å². The topological polar surface area (TPSA) is 21.3 Å². The maximum atomic E-state index is 6.85. The molecule has 0 unspecified atom stereocenters. The first kappa shape index (κ1) is 27.5. The molecule has 0 aliphatic rings. The van der Waals surface area contributed by atoms with Crippen molar-refractivity contribution in [3.63, 3.8) is 0 Å². The molecule has 8 aromatic carbocycles. The minimum Gasteiger partial charge on any atom is -0.454 e. The molecule has 0 saturated heterocycles. The zero-order chi connectivity index (χ0) is 32.3. The van der Waals surface area contributed by atoms with E-state index in [0.717, 1.165) is 55.8 Å². The van der Waals surface area contributed by atoms with E-state index in [1.54, 1.807) is 0 Å². The molecule has 0 saturated carbocycles. The minimum absolute atomic E-state index is 0.863. The smallest absolute Gasteiger partial charge is 0.159 e. The summed E-state index contributed by atoms with van der Waals surface area (Å²) in [5.74, 6) is 0. The lowest BCUT2D eigenvalue weighted by Gasteiger charge is -2.26. The highest BCUT2D eigenvalue weighted by Crippen LogP contribution is 2.46. The highest BCUT2D eigenvalue weighted by Gasteiger charge is 2.22. The van der Waals surface area contributed by atoms with Gasteiger partial charge >= 0.3 is 0 Å². The quantitative estimate of drug-likeness (QED) is 0.190. The SMILES string of the molecule is c1ccc(N(c2ccccc2)c2cc(-c3ccc4c5ccccc5n(-c5ccccc5)c4c3)cc3c2oc2ccc4ccccc4c23)cc1. The van der Waals surface area contributed by atoms with E-state index < -0.39 is 0 Å². The molecule has 3 heteroatoms. The monoisotopic (exact) mass is 626 g/mol. The van der Waals surface area contributed by atoms with Gasteiger partial charge < -0.3 is 13.9 Å². The number of nitrogens with zero attached hydrogens (tertiary/aromatic N) is 2. The summed E-state index contributed by atoms with van der Waals surface area (Å²) < 4.78 is 9.23. The first-order chi connectivity index (χ1) is 24.3. The molecule has 2 aromatic heterocycles. The van der Waals surface area contributed by atoms with E-state index in [4.69, 9.17) is 4.42 Å². The first-order valence-corrected chi connectivity index (χ1v) is 16.7. The summed E-state index contributed by atoms with van der Waals surface area (Å²) in [4.78, 5) is 2.32. The lowest BCUT2D eigenvalue weighted by molar-refractivity contribution is 0.669. The van der Waals surface area contributed by atoms with Crippen LogP contribution in [0.2, 0.25) is 0 Å².